The van der Waals surface area contributed by atoms with Crippen molar-refractivity contribution >= 4 is 0 Å². The molecule has 0 radical (unpaired) electrons. The minimum absolute atomic E-state index is 0.156. The standard InChI is InChI=1S/C18H26FNO3/c1-2-9-22-14-16(21)12-20(13-17-7-5-10-23-17)11-15-6-3-4-8-18(15)19/h2-4,6,8,16-17,21H,1,5,7,9-14H2. The van der Waals surface area contributed by atoms with Gasteiger partial charge < -0.3 is 14.6 Å². The lowest BCUT2D eigenvalue weighted by Crippen LogP contribution is -2.39. The second-order valence-electron chi connectivity index (χ2n) is 5.90. The van der Waals surface area contributed by atoms with Crippen LogP contribution in [0.3, 0.4) is 0 Å². The summed E-state index contributed by atoms with van der Waals surface area (Å²) in [7, 11) is 0. The molecule has 1 N–H and O–H groups in total. The summed E-state index contributed by atoms with van der Waals surface area (Å²) in [4.78, 5) is 2.04. The van der Waals surface area contributed by atoms with Gasteiger partial charge >= 0.3 is 0 Å². The molecular formula is C18H26FNO3. The molecule has 2 atom stereocenters. The molecule has 5 heteroatoms. The van der Waals surface area contributed by atoms with Gasteiger partial charge in [0.2, 0.25) is 0 Å². The second kappa shape index (κ2) is 9.78. The lowest BCUT2D eigenvalue weighted by atomic mass is 10.1. The molecule has 0 aliphatic carbocycles. The molecule has 1 heterocycles. The molecule has 4 nitrogen and oxygen atoms in total. The van der Waals surface area contributed by atoms with Crippen molar-refractivity contribution in [1.29, 1.82) is 0 Å². The molecule has 1 aromatic rings. The molecule has 128 valence electrons. The summed E-state index contributed by atoms with van der Waals surface area (Å²) in [6, 6.07) is 6.75. The van der Waals surface area contributed by atoms with Gasteiger partial charge in [0, 0.05) is 31.8 Å². The zero-order valence-corrected chi connectivity index (χ0v) is 13.5. The Morgan fingerprint density at radius 2 is 2.30 bits per heavy atom. The van der Waals surface area contributed by atoms with Gasteiger partial charge in [0.1, 0.15) is 5.82 Å². The highest BCUT2D eigenvalue weighted by atomic mass is 19.1. The summed E-state index contributed by atoms with van der Waals surface area (Å²) in [6.45, 7) is 6.57. The van der Waals surface area contributed by atoms with Crippen molar-refractivity contribution < 1.29 is 19.0 Å². The molecule has 0 saturated carbocycles. The minimum atomic E-state index is -0.622. The second-order valence-corrected chi connectivity index (χ2v) is 5.90. The van der Waals surface area contributed by atoms with E-state index < -0.39 is 6.10 Å². The van der Waals surface area contributed by atoms with E-state index in [-0.39, 0.29) is 18.5 Å². The lowest BCUT2D eigenvalue weighted by Gasteiger charge is -2.27. The van der Waals surface area contributed by atoms with E-state index in [1.165, 1.54) is 6.07 Å². The molecule has 1 fully saturated rings. The van der Waals surface area contributed by atoms with Crippen LogP contribution in [0.1, 0.15) is 18.4 Å². The van der Waals surface area contributed by atoms with Gasteiger partial charge in [0.25, 0.3) is 0 Å². The van der Waals surface area contributed by atoms with Gasteiger partial charge in [0.15, 0.2) is 0 Å². The maximum atomic E-state index is 13.9. The predicted octanol–water partition coefficient (Wildman–Crippen LogP) is 2.37. The average molecular weight is 323 g/mol. The number of aliphatic hydroxyl groups excluding tert-OH is 1. The van der Waals surface area contributed by atoms with Crippen molar-refractivity contribution in [2.24, 2.45) is 0 Å². The highest BCUT2D eigenvalue weighted by molar-refractivity contribution is 5.17. The van der Waals surface area contributed by atoms with Crippen molar-refractivity contribution in [3.05, 3.63) is 48.3 Å². The van der Waals surface area contributed by atoms with Gasteiger partial charge in [-0.25, -0.2) is 4.39 Å². The molecule has 1 aliphatic heterocycles. The third kappa shape index (κ3) is 6.39. The maximum absolute atomic E-state index is 13.9. The summed E-state index contributed by atoms with van der Waals surface area (Å²) in [5.41, 5.74) is 0.629. The van der Waals surface area contributed by atoms with Crippen molar-refractivity contribution in [3.63, 3.8) is 0 Å². The third-order valence-electron chi connectivity index (χ3n) is 3.85. The van der Waals surface area contributed by atoms with Crippen molar-refractivity contribution in [2.45, 2.75) is 31.6 Å². The van der Waals surface area contributed by atoms with E-state index in [1.54, 1.807) is 18.2 Å². The minimum Gasteiger partial charge on any atom is -0.389 e. The fraction of sp³-hybridized carbons (Fsp3) is 0.556. The van der Waals surface area contributed by atoms with Crippen LogP contribution in [-0.4, -0.2) is 55.1 Å². The Morgan fingerprint density at radius 3 is 3.00 bits per heavy atom. The van der Waals surface area contributed by atoms with E-state index >= 15 is 0 Å². The van der Waals surface area contributed by atoms with Gasteiger partial charge in [-0.15, -0.1) is 6.58 Å². The first kappa shape index (κ1) is 18.1. The first-order valence-electron chi connectivity index (χ1n) is 8.13. The van der Waals surface area contributed by atoms with Crippen LogP contribution in [0, 0.1) is 5.82 Å². The number of hydrogen-bond acceptors (Lipinski definition) is 4. The van der Waals surface area contributed by atoms with Crippen LogP contribution in [0.25, 0.3) is 0 Å². The van der Waals surface area contributed by atoms with Crippen LogP contribution in [0.15, 0.2) is 36.9 Å². The fourth-order valence-electron chi connectivity index (χ4n) is 2.79. The van der Waals surface area contributed by atoms with Crippen molar-refractivity contribution in [2.75, 3.05) is 32.9 Å². The lowest BCUT2D eigenvalue weighted by molar-refractivity contribution is 0.00830. The maximum Gasteiger partial charge on any atom is 0.127 e. The van der Waals surface area contributed by atoms with Crippen LogP contribution < -0.4 is 0 Å². The molecular weight excluding hydrogens is 297 g/mol. The largest absolute Gasteiger partial charge is 0.389 e. The van der Waals surface area contributed by atoms with E-state index in [0.717, 1.165) is 19.4 Å². The number of hydrogen-bond donors (Lipinski definition) is 1. The molecule has 23 heavy (non-hydrogen) atoms. The van der Waals surface area contributed by atoms with E-state index in [0.29, 0.717) is 31.8 Å². The Bertz CT molecular complexity index is 477. The topological polar surface area (TPSA) is 41.9 Å². The predicted molar refractivity (Wildman–Crippen MR) is 87.7 cm³/mol. The number of aliphatic hydroxyl groups is 1. The molecule has 0 aromatic heterocycles. The molecule has 2 rings (SSSR count). The van der Waals surface area contributed by atoms with Crippen LogP contribution in [0.4, 0.5) is 4.39 Å². The Morgan fingerprint density at radius 1 is 1.48 bits per heavy atom. The normalized spacial score (nSPS) is 19.2. The summed E-state index contributed by atoms with van der Waals surface area (Å²) >= 11 is 0. The first-order valence-corrected chi connectivity index (χ1v) is 8.13. The highest BCUT2D eigenvalue weighted by Crippen LogP contribution is 2.16. The van der Waals surface area contributed by atoms with Gasteiger partial charge in [0.05, 0.1) is 25.4 Å². The Balaban J connectivity index is 1.93. The van der Waals surface area contributed by atoms with Gasteiger partial charge in [-0.2, -0.15) is 0 Å². The van der Waals surface area contributed by atoms with Gasteiger partial charge in [-0.3, -0.25) is 4.90 Å². The zero-order valence-electron chi connectivity index (χ0n) is 13.5. The summed E-state index contributed by atoms with van der Waals surface area (Å²) in [6.07, 6.45) is 3.25. The van der Waals surface area contributed by atoms with E-state index in [2.05, 4.69) is 6.58 Å². The molecule has 1 aliphatic rings. The third-order valence-corrected chi connectivity index (χ3v) is 3.85. The molecule has 1 saturated heterocycles. The molecule has 0 bridgehead atoms. The smallest absolute Gasteiger partial charge is 0.127 e. The molecule has 0 spiro atoms. The number of benzene rings is 1. The van der Waals surface area contributed by atoms with Crippen molar-refractivity contribution in [3.8, 4) is 0 Å². The summed E-state index contributed by atoms with van der Waals surface area (Å²) < 4.78 is 24.9. The van der Waals surface area contributed by atoms with Crippen LogP contribution >= 0.6 is 0 Å². The monoisotopic (exact) mass is 323 g/mol. The molecule has 0 amide bonds. The van der Waals surface area contributed by atoms with E-state index in [9.17, 15) is 9.50 Å². The van der Waals surface area contributed by atoms with Crippen LogP contribution in [0.2, 0.25) is 0 Å². The molecule has 1 aromatic carbocycles. The first-order chi connectivity index (χ1) is 11.2. The quantitative estimate of drug-likeness (QED) is 0.530. The van der Waals surface area contributed by atoms with Gasteiger partial charge in [-0.05, 0) is 18.9 Å². The van der Waals surface area contributed by atoms with Crippen LogP contribution in [-0.2, 0) is 16.0 Å². The summed E-state index contributed by atoms with van der Waals surface area (Å²) in [5.74, 6) is -0.220. The Kier molecular flexibility index (Phi) is 7.68. The summed E-state index contributed by atoms with van der Waals surface area (Å²) in [5, 5.41) is 10.1. The van der Waals surface area contributed by atoms with Gasteiger partial charge in [-0.1, -0.05) is 24.3 Å². The zero-order chi connectivity index (χ0) is 16.5. The number of nitrogens with zero attached hydrogens (tertiary/aromatic N) is 1. The number of halogens is 1. The Labute approximate surface area is 137 Å². The van der Waals surface area contributed by atoms with Crippen molar-refractivity contribution in [1.82, 2.24) is 4.90 Å². The highest BCUT2D eigenvalue weighted by Gasteiger charge is 2.22. The Hall–Kier alpha value is -1.27. The van der Waals surface area contributed by atoms with Crippen LogP contribution in [0.5, 0.6) is 0 Å². The SMILES string of the molecule is C=CCOCC(O)CN(Cc1ccccc1F)CC1CCCO1. The van der Waals surface area contributed by atoms with E-state index in [4.69, 9.17) is 9.47 Å². The van der Waals surface area contributed by atoms with E-state index in [1.807, 2.05) is 11.0 Å². The average Bonchev–Trinajstić information content (AvgIpc) is 3.03. The fourth-order valence-corrected chi connectivity index (χ4v) is 2.79. The number of ether oxygens (including phenoxy) is 2. The number of rotatable bonds is 10. The molecule has 2 unspecified atom stereocenters.